The first kappa shape index (κ1) is 21.3. The molecule has 2 aromatic carbocycles. The molecular weight excluding hydrogens is 393 g/mol. The van der Waals surface area contributed by atoms with Gasteiger partial charge < -0.3 is 9.80 Å². The average molecular weight is 420 g/mol. The van der Waals surface area contributed by atoms with Crippen molar-refractivity contribution in [1.82, 2.24) is 9.21 Å². The minimum Gasteiger partial charge on any atom is -0.368 e. The molecule has 3 rings (SSSR count). The molecular formula is C21H26FN3O3S. The van der Waals surface area contributed by atoms with Gasteiger partial charge in [-0.25, -0.2) is 12.8 Å². The van der Waals surface area contributed by atoms with Gasteiger partial charge in [-0.1, -0.05) is 12.1 Å². The Morgan fingerprint density at radius 3 is 2.28 bits per heavy atom. The minimum absolute atomic E-state index is 0.0334. The summed E-state index contributed by atoms with van der Waals surface area (Å²) in [6.07, 6.45) is 0. The number of hydrogen-bond acceptors (Lipinski definition) is 4. The van der Waals surface area contributed by atoms with Gasteiger partial charge in [-0.3, -0.25) is 4.79 Å². The Morgan fingerprint density at radius 1 is 1.03 bits per heavy atom. The van der Waals surface area contributed by atoms with E-state index in [2.05, 4.69) is 30.9 Å². The van der Waals surface area contributed by atoms with Crippen LogP contribution in [0, 0.1) is 19.7 Å². The first-order valence-electron chi connectivity index (χ1n) is 9.51. The highest BCUT2D eigenvalue weighted by Crippen LogP contribution is 2.24. The highest BCUT2D eigenvalue weighted by Gasteiger charge is 2.27. The van der Waals surface area contributed by atoms with Crippen LogP contribution < -0.4 is 4.90 Å². The van der Waals surface area contributed by atoms with Gasteiger partial charge in [0, 0.05) is 38.9 Å². The number of nitrogens with zero attached hydrogens (tertiary/aromatic N) is 3. The van der Waals surface area contributed by atoms with E-state index in [4.69, 9.17) is 0 Å². The molecule has 0 saturated carbocycles. The van der Waals surface area contributed by atoms with E-state index in [0.717, 1.165) is 16.4 Å². The number of carbonyl (C=O) groups excluding carboxylic acids is 1. The second-order valence-electron chi connectivity index (χ2n) is 7.30. The summed E-state index contributed by atoms with van der Waals surface area (Å²) in [4.78, 5) is 16.6. The number of anilines is 1. The SMILES string of the molecule is Cc1cccc(N2CCN(C(=O)CN(C)S(=O)(=O)c3ccc(F)cc3)CC2)c1C. The van der Waals surface area contributed by atoms with Gasteiger partial charge in [-0.2, -0.15) is 4.31 Å². The number of aryl methyl sites for hydroxylation is 1. The molecule has 0 bridgehead atoms. The lowest BCUT2D eigenvalue weighted by Gasteiger charge is -2.37. The van der Waals surface area contributed by atoms with Gasteiger partial charge in [0.1, 0.15) is 5.82 Å². The van der Waals surface area contributed by atoms with E-state index in [1.165, 1.54) is 36.0 Å². The smallest absolute Gasteiger partial charge is 0.243 e. The molecule has 0 unspecified atom stereocenters. The molecule has 0 radical (unpaired) electrons. The quantitative estimate of drug-likeness (QED) is 0.747. The molecule has 0 aliphatic carbocycles. The molecule has 0 spiro atoms. The summed E-state index contributed by atoms with van der Waals surface area (Å²) in [6.45, 7) is 6.40. The molecule has 0 aromatic heterocycles. The topological polar surface area (TPSA) is 60.9 Å². The maximum absolute atomic E-state index is 13.1. The van der Waals surface area contributed by atoms with Gasteiger partial charge in [0.15, 0.2) is 0 Å². The van der Waals surface area contributed by atoms with Crippen molar-refractivity contribution in [2.45, 2.75) is 18.7 Å². The molecule has 156 valence electrons. The molecule has 2 aromatic rings. The molecule has 1 amide bonds. The molecule has 0 atom stereocenters. The lowest BCUT2D eigenvalue weighted by Crippen LogP contribution is -2.51. The van der Waals surface area contributed by atoms with Crippen molar-refractivity contribution < 1.29 is 17.6 Å². The third kappa shape index (κ3) is 4.59. The van der Waals surface area contributed by atoms with E-state index in [-0.39, 0.29) is 17.3 Å². The number of amides is 1. The van der Waals surface area contributed by atoms with Crippen molar-refractivity contribution in [3.05, 3.63) is 59.4 Å². The van der Waals surface area contributed by atoms with E-state index < -0.39 is 15.8 Å². The number of carbonyl (C=O) groups is 1. The molecule has 1 aliphatic rings. The number of rotatable bonds is 5. The maximum Gasteiger partial charge on any atom is 0.243 e. The van der Waals surface area contributed by atoms with Crippen molar-refractivity contribution in [3.8, 4) is 0 Å². The van der Waals surface area contributed by atoms with E-state index in [1.54, 1.807) is 4.90 Å². The molecule has 8 heteroatoms. The Morgan fingerprint density at radius 2 is 1.66 bits per heavy atom. The van der Waals surface area contributed by atoms with E-state index in [0.29, 0.717) is 26.2 Å². The van der Waals surface area contributed by atoms with Crippen LogP contribution >= 0.6 is 0 Å². The van der Waals surface area contributed by atoms with E-state index in [1.807, 2.05) is 6.07 Å². The number of piperazine rings is 1. The molecule has 0 N–H and O–H groups in total. The van der Waals surface area contributed by atoms with Crippen LogP contribution in [0.4, 0.5) is 10.1 Å². The minimum atomic E-state index is -3.84. The van der Waals surface area contributed by atoms with Crippen molar-refractivity contribution in [2.75, 3.05) is 44.7 Å². The molecule has 1 aliphatic heterocycles. The van der Waals surface area contributed by atoms with Crippen molar-refractivity contribution in [3.63, 3.8) is 0 Å². The number of hydrogen-bond donors (Lipinski definition) is 0. The lowest BCUT2D eigenvalue weighted by atomic mass is 10.1. The van der Waals surface area contributed by atoms with Gasteiger partial charge in [0.2, 0.25) is 15.9 Å². The van der Waals surface area contributed by atoms with Crippen molar-refractivity contribution in [1.29, 1.82) is 0 Å². The summed E-state index contributed by atoms with van der Waals surface area (Å²) >= 11 is 0. The fourth-order valence-electron chi connectivity index (χ4n) is 3.44. The number of likely N-dealkylation sites (N-methyl/N-ethyl adjacent to an activating group) is 1. The van der Waals surface area contributed by atoms with Crippen LogP contribution in [0.25, 0.3) is 0 Å². The van der Waals surface area contributed by atoms with Gasteiger partial charge in [0.05, 0.1) is 11.4 Å². The van der Waals surface area contributed by atoms with Crippen LogP contribution in [0.2, 0.25) is 0 Å². The number of benzene rings is 2. The summed E-state index contributed by atoms with van der Waals surface area (Å²) in [5, 5.41) is 0. The van der Waals surface area contributed by atoms with Crippen LogP contribution in [0.1, 0.15) is 11.1 Å². The Labute approximate surface area is 171 Å². The molecule has 29 heavy (non-hydrogen) atoms. The van der Waals surface area contributed by atoms with Crippen molar-refractivity contribution >= 4 is 21.6 Å². The molecule has 1 fully saturated rings. The predicted octanol–water partition coefficient (Wildman–Crippen LogP) is 2.41. The summed E-state index contributed by atoms with van der Waals surface area (Å²) in [7, 11) is -2.48. The summed E-state index contributed by atoms with van der Waals surface area (Å²) < 4.78 is 39.3. The molecule has 1 heterocycles. The lowest BCUT2D eigenvalue weighted by molar-refractivity contribution is -0.131. The van der Waals surface area contributed by atoms with Crippen LogP contribution in [-0.4, -0.2) is 63.3 Å². The van der Waals surface area contributed by atoms with Gasteiger partial charge in [-0.15, -0.1) is 0 Å². The van der Waals surface area contributed by atoms with Crippen LogP contribution in [0.15, 0.2) is 47.4 Å². The largest absolute Gasteiger partial charge is 0.368 e. The monoisotopic (exact) mass is 419 g/mol. The first-order valence-corrected chi connectivity index (χ1v) is 10.9. The van der Waals surface area contributed by atoms with Crippen LogP contribution in [0.3, 0.4) is 0 Å². The summed E-state index contributed by atoms with van der Waals surface area (Å²) in [5.74, 6) is -0.747. The fourth-order valence-corrected chi connectivity index (χ4v) is 4.56. The standard InChI is InChI=1S/C21H26FN3O3S/c1-16-5-4-6-20(17(16)2)24-11-13-25(14-12-24)21(26)15-23(3)29(27,28)19-9-7-18(22)8-10-19/h4-10H,11-15H2,1-3H3. The molecule has 1 saturated heterocycles. The van der Waals surface area contributed by atoms with E-state index >= 15 is 0 Å². The Balaban J connectivity index is 1.61. The normalized spacial score (nSPS) is 15.1. The predicted molar refractivity (Wildman–Crippen MR) is 111 cm³/mol. The average Bonchev–Trinajstić information content (AvgIpc) is 2.70. The van der Waals surface area contributed by atoms with Crippen LogP contribution in [0.5, 0.6) is 0 Å². The van der Waals surface area contributed by atoms with Gasteiger partial charge in [-0.05, 0) is 55.3 Å². The Hall–Kier alpha value is -2.45. The highest BCUT2D eigenvalue weighted by atomic mass is 32.2. The zero-order valence-electron chi connectivity index (χ0n) is 16.9. The van der Waals surface area contributed by atoms with Crippen LogP contribution in [-0.2, 0) is 14.8 Å². The second kappa shape index (κ2) is 8.51. The number of halogens is 1. The first-order chi connectivity index (χ1) is 13.7. The van der Waals surface area contributed by atoms with Gasteiger partial charge >= 0.3 is 0 Å². The maximum atomic E-state index is 13.1. The fraction of sp³-hybridized carbons (Fsp3) is 0.381. The van der Waals surface area contributed by atoms with Crippen molar-refractivity contribution in [2.24, 2.45) is 0 Å². The zero-order valence-corrected chi connectivity index (χ0v) is 17.7. The molecule has 6 nitrogen and oxygen atoms in total. The second-order valence-corrected chi connectivity index (χ2v) is 9.35. The third-order valence-corrected chi connectivity index (χ3v) is 7.25. The Kier molecular flexibility index (Phi) is 6.24. The summed E-state index contributed by atoms with van der Waals surface area (Å²) in [5.41, 5.74) is 3.64. The Bertz CT molecular complexity index is 985. The van der Waals surface area contributed by atoms with E-state index in [9.17, 15) is 17.6 Å². The highest BCUT2D eigenvalue weighted by molar-refractivity contribution is 7.89. The number of sulfonamides is 1. The summed E-state index contributed by atoms with van der Waals surface area (Å²) in [6, 6.07) is 10.8. The van der Waals surface area contributed by atoms with Gasteiger partial charge in [0.25, 0.3) is 0 Å². The third-order valence-electron chi connectivity index (χ3n) is 5.43. The zero-order chi connectivity index (χ0) is 21.2.